The Balaban J connectivity index is 1.73. The van der Waals surface area contributed by atoms with Crippen LogP contribution in [-0.2, 0) is 11.8 Å². The molecule has 0 saturated heterocycles. The van der Waals surface area contributed by atoms with Gasteiger partial charge in [0.05, 0.1) is 0 Å². The molecule has 0 aliphatic carbocycles. The van der Waals surface area contributed by atoms with Gasteiger partial charge in [-0.05, 0) is 26.0 Å². The van der Waals surface area contributed by atoms with Gasteiger partial charge in [0.2, 0.25) is 11.8 Å². The maximum absolute atomic E-state index is 12.1. The molecule has 2 aromatic heterocycles. The topological polar surface area (TPSA) is 73.0 Å². The lowest BCUT2D eigenvalue weighted by molar-refractivity contribution is -0.117. The summed E-state index contributed by atoms with van der Waals surface area (Å²) in [4.78, 5) is 16.2. The second-order valence-electron chi connectivity index (χ2n) is 5.46. The van der Waals surface area contributed by atoms with Crippen LogP contribution in [0.3, 0.4) is 0 Å². The fourth-order valence-electron chi connectivity index (χ4n) is 2.48. The molecule has 3 rings (SSSR count). The Morgan fingerprint density at radius 1 is 1.39 bits per heavy atom. The number of rotatable bonds is 4. The number of fused-ring (bicyclic) bond motifs is 1. The second kappa shape index (κ2) is 6.08. The quantitative estimate of drug-likeness (QED) is 0.752. The summed E-state index contributed by atoms with van der Waals surface area (Å²) in [5.41, 5.74) is 2.13. The Labute approximate surface area is 133 Å². The van der Waals surface area contributed by atoms with Gasteiger partial charge in [-0.1, -0.05) is 23.4 Å². The van der Waals surface area contributed by atoms with E-state index in [9.17, 15) is 4.79 Å². The van der Waals surface area contributed by atoms with Gasteiger partial charge in [0, 0.05) is 35.8 Å². The van der Waals surface area contributed by atoms with Gasteiger partial charge in [0.25, 0.3) is 0 Å². The summed E-state index contributed by atoms with van der Waals surface area (Å²) < 4.78 is 7.09. The van der Waals surface area contributed by atoms with Crippen LogP contribution < -0.4 is 5.32 Å². The number of amides is 1. The van der Waals surface area contributed by atoms with E-state index in [1.807, 2.05) is 48.2 Å². The van der Waals surface area contributed by atoms with Gasteiger partial charge in [0.1, 0.15) is 6.04 Å². The van der Waals surface area contributed by atoms with E-state index in [0.717, 1.165) is 16.5 Å². The van der Waals surface area contributed by atoms with E-state index >= 15 is 0 Å². The third-order valence-electron chi connectivity index (χ3n) is 3.61. The molecule has 1 N–H and O–H groups in total. The zero-order chi connectivity index (χ0) is 16.4. The van der Waals surface area contributed by atoms with Crippen molar-refractivity contribution in [1.29, 1.82) is 0 Å². The zero-order valence-electron chi connectivity index (χ0n) is 13.3. The number of carbonyl (C=O) groups is 1. The van der Waals surface area contributed by atoms with Crippen molar-refractivity contribution in [2.75, 3.05) is 0 Å². The summed E-state index contributed by atoms with van der Waals surface area (Å²) in [5.74, 6) is 0.739. The van der Waals surface area contributed by atoms with Crippen molar-refractivity contribution in [2.24, 2.45) is 7.05 Å². The summed E-state index contributed by atoms with van der Waals surface area (Å²) in [5, 5.41) is 7.63. The van der Waals surface area contributed by atoms with E-state index in [-0.39, 0.29) is 11.9 Å². The van der Waals surface area contributed by atoms with E-state index in [0.29, 0.717) is 11.7 Å². The first-order valence-corrected chi connectivity index (χ1v) is 7.37. The van der Waals surface area contributed by atoms with Crippen LogP contribution in [0.5, 0.6) is 0 Å². The first-order valence-electron chi connectivity index (χ1n) is 7.37. The van der Waals surface area contributed by atoms with Crippen molar-refractivity contribution in [3.8, 4) is 0 Å². The fourth-order valence-corrected chi connectivity index (χ4v) is 2.48. The fraction of sp³-hybridized carbons (Fsp3) is 0.235. The van der Waals surface area contributed by atoms with Crippen LogP contribution in [0.15, 0.2) is 41.1 Å². The summed E-state index contributed by atoms with van der Waals surface area (Å²) in [6.07, 6.45) is 5.32. The van der Waals surface area contributed by atoms with Crippen molar-refractivity contribution in [3.63, 3.8) is 0 Å². The Kier molecular flexibility index (Phi) is 3.97. The molecule has 0 bridgehead atoms. The standard InChI is InChI=1S/C17H18N4O2/c1-11(17-19-12(2)20-23-17)18-16(22)9-8-13-10-21(3)15-7-5-4-6-14(13)15/h4-11H,1-3H3,(H,18,22). The van der Waals surface area contributed by atoms with Gasteiger partial charge in [0.15, 0.2) is 5.82 Å². The van der Waals surface area contributed by atoms with Crippen molar-refractivity contribution < 1.29 is 9.32 Å². The predicted molar refractivity (Wildman–Crippen MR) is 87.5 cm³/mol. The molecule has 0 spiro atoms. The molecule has 1 atom stereocenters. The van der Waals surface area contributed by atoms with Gasteiger partial charge in [-0.3, -0.25) is 4.79 Å². The number of nitrogens with one attached hydrogen (secondary N) is 1. The van der Waals surface area contributed by atoms with Gasteiger partial charge in [-0.25, -0.2) is 0 Å². The lowest BCUT2D eigenvalue weighted by Crippen LogP contribution is -2.24. The Morgan fingerprint density at radius 2 is 2.17 bits per heavy atom. The van der Waals surface area contributed by atoms with Crippen LogP contribution in [0.1, 0.15) is 30.2 Å². The molecule has 0 aliphatic heterocycles. The number of aromatic nitrogens is 3. The molecular formula is C17H18N4O2. The first kappa shape index (κ1) is 15.0. The Bertz CT molecular complexity index is 876. The van der Waals surface area contributed by atoms with E-state index in [2.05, 4.69) is 15.5 Å². The number of aryl methyl sites for hydroxylation is 2. The lowest BCUT2D eigenvalue weighted by Gasteiger charge is -2.06. The highest BCUT2D eigenvalue weighted by Crippen LogP contribution is 2.21. The minimum Gasteiger partial charge on any atom is -0.350 e. The second-order valence-corrected chi connectivity index (χ2v) is 5.46. The third kappa shape index (κ3) is 3.15. The van der Waals surface area contributed by atoms with Crippen LogP contribution in [0.4, 0.5) is 0 Å². The van der Waals surface area contributed by atoms with Crippen molar-refractivity contribution in [3.05, 3.63) is 53.8 Å². The van der Waals surface area contributed by atoms with Gasteiger partial charge < -0.3 is 14.4 Å². The minimum atomic E-state index is -0.333. The molecule has 118 valence electrons. The average Bonchev–Trinajstić information content (AvgIpc) is 3.10. The summed E-state index contributed by atoms with van der Waals surface area (Å²) in [6.45, 7) is 3.54. The summed E-state index contributed by atoms with van der Waals surface area (Å²) in [6, 6.07) is 7.74. The van der Waals surface area contributed by atoms with E-state index < -0.39 is 0 Å². The van der Waals surface area contributed by atoms with Gasteiger partial charge >= 0.3 is 0 Å². The maximum Gasteiger partial charge on any atom is 0.248 e. The molecule has 6 heteroatoms. The predicted octanol–water partition coefficient (Wildman–Crippen LogP) is 2.76. The van der Waals surface area contributed by atoms with Crippen LogP contribution in [0.2, 0.25) is 0 Å². The average molecular weight is 310 g/mol. The molecule has 0 fully saturated rings. The monoisotopic (exact) mass is 310 g/mol. The summed E-state index contributed by atoms with van der Waals surface area (Å²) >= 11 is 0. The van der Waals surface area contributed by atoms with Crippen molar-refractivity contribution in [2.45, 2.75) is 19.9 Å². The molecule has 6 nitrogen and oxygen atoms in total. The van der Waals surface area contributed by atoms with Crippen LogP contribution in [0, 0.1) is 6.92 Å². The molecule has 2 heterocycles. The molecule has 23 heavy (non-hydrogen) atoms. The SMILES string of the molecule is Cc1noc(C(C)NC(=O)C=Cc2cn(C)c3ccccc23)n1. The normalized spacial score (nSPS) is 12.8. The minimum absolute atomic E-state index is 0.207. The molecule has 0 aliphatic rings. The smallest absolute Gasteiger partial charge is 0.248 e. The number of hydrogen-bond donors (Lipinski definition) is 1. The number of hydrogen-bond acceptors (Lipinski definition) is 4. The highest BCUT2D eigenvalue weighted by Gasteiger charge is 2.14. The maximum atomic E-state index is 12.1. The molecule has 3 aromatic rings. The van der Waals surface area contributed by atoms with Crippen molar-refractivity contribution in [1.82, 2.24) is 20.0 Å². The van der Waals surface area contributed by atoms with Crippen LogP contribution >= 0.6 is 0 Å². The van der Waals surface area contributed by atoms with Crippen LogP contribution in [0.25, 0.3) is 17.0 Å². The molecule has 1 amide bonds. The van der Waals surface area contributed by atoms with Crippen molar-refractivity contribution >= 4 is 22.9 Å². The zero-order valence-corrected chi connectivity index (χ0v) is 13.3. The van der Waals surface area contributed by atoms with Gasteiger partial charge in [-0.2, -0.15) is 4.98 Å². The number of nitrogens with zero attached hydrogens (tertiary/aromatic N) is 3. The number of carbonyl (C=O) groups excluding carboxylic acids is 1. The summed E-state index contributed by atoms with van der Waals surface area (Å²) in [7, 11) is 1.99. The molecule has 0 radical (unpaired) electrons. The lowest BCUT2D eigenvalue weighted by atomic mass is 10.1. The number of para-hydroxylation sites is 1. The molecule has 0 saturated carbocycles. The first-order chi connectivity index (χ1) is 11.0. The molecule has 1 unspecified atom stereocenters. The molecular weight excluding hydrogens is 292 g/mol. The van der Waals surface area contributed by atoms with Gasteiger partial charge in [-0.15, -0.1) is 0 Å². The Hall–Kier alpha value is -2.89. The highest BCUT2D eigenvalue weighted by atomic mass is 16.5. The van der Waals surface area contributed by atoms with E-state index in [4.69, 9.17) is 4.52 Å². The third-order valence-corrected chi connectivity index (χ3v) is 3.61. The van der Waals surface area contributed by atoms with Crippen LogP contribution in [-0.4, -0.2) is 20.6 Å². The Morgan fingerprint density at radius 3 is 2.91 bits per heavy atom. The molecule has 1 aromatic carbocycles. The highest BCUT2D eigenvalue weighted by molar-refractivity contribution is 5.96. The van der Waals surface area contributed by atoms with E-state index in [1.165, 1.54) is 6.08 Å². The van der Waals surface area contributed by atoms with E-state index in [1.54, 1.807) is 13.8 Å². The number of benzene rings is 1. The largest absolute Gasteiger partial charge is 0.350 e.